The third-order valence-corrected chi connectivity index (χ3v) is 3.43. The van der Waals surface area contributed by atoms with Crippen LogP contribution in [0.2, 0.25) is 0 Å². The zero-order valence-corrected chi connectivity index (χ0v) is 11.2. The number of nitrogens with two attached hydrogens (primary N) is 1. The van der Waals surface area contributed by atoms with E-state index in [9.17, 15) is 4.39 Å². The molecule has 1 aliphatic heterocycles. The maximum absolute atomic E-state index is 14.2. The number of ether oxygens (including phenoxy) is 1. The van der Waals surface area contributed by atoms with E-state index in [0.717, 1.165) is 5.56 Å². The topological polar surface area (TPSA) is 38.5 Å². The van der Waals surface area contributed by atoms with Gasteiger partial charge in [-0.15, -0.1) is 0 Å². The van der Waals surface area contributed by atoms with Crippen LogP contribution in [0.25, 0.3) is 0 Å². The second-order valence-electron chi connectivity index (χ2n) is 5.52. The van der Waals surface area contributed by atoms with Crippen LogP contribution in [0.1, 0.15) is 32.4 Å². The fourth-order valence-corrected chi connectivity index (χ4v) is 2.33. The Kier molecular flexibility index (Phi) is 3.59. The van der Waals surface area contributed by atoms with Crippen molar-refractivity contribution in [1.29, 1.82) is 0 Å². The summed E-state index contributed by atoms with van der Waals surface area (Å²) in [4.78, 5) is 2.07. The number of nitrogens with zero attached hydrogens (tertiary/aromatic N) is 1. The summed E-state index contributed by atoms with van der Waals surface area (Å²) in [5.41, 5.74) is 7.03. The second kappa shape index (κ2) is 4.86. The average Bonchev–Trinajstić information content (AvgIpc) is 2.29. The number of anilines is 1. The SMILES string of the molecule is C[C@H](N)c1ccc(N2CCOCC2(C)C)c(F)c1. The third-order valence-electron chi connectivity index (χ3n) is 3.43. The molecule has 0 aromatic heterocycles. The lowest BCUT2D eigenvalue weighted by molar-refractivity contribution is 0.0640. The molecule has 4 heteroatoms. The number of benzene rings is 1. The van der Waals surface area contributed by atoms with Gasteiger partial charge in [0.2, 0.25) is 0 Å². The van der Waals surface area contributed by atoms with Gasteiger partial charge >= 0.3 is 0 Å². The number of hydrogen-bond donors (Lipinski definition) is 1. The molecule has 0 amide bonds. The lowest BCUT2D eigenvalue weighted by Crippen LogP contribution is -2.53. The Morgan fingerprint density at radius 1 is 1.44 bits per heavy atom. The maximum Gasteiger partial charge on any atom is 0.146 e. The molecule has 1 heterocycles. The minimum atomic E-state index is -0.209. The van der Waals surface area contributed by atoms with Crippen LogP contribution < -0.4 is 10.6 Å². The first kappa shape index (κ1) is 13.3. The zero-order chi connectivity index (χ0) is 13.3. The molecule has 0 spiro atoms. The van der Waals surface area contributed by atoms with Crippen LogP contribution in [0, 0.1) is 5.82 Å². The smallest absolute Gasteiger partial charge is 0.146 e. The molecule has 1 fully saturated rings. The zero-order valence-electron chi connectivity index (χ0n) is 11.2. The van der Waals surface area contributed by atoms with Gasteiger partial charge in [-0.3, -0.25) is 0 Å². The lowest BCUT2D eigenvalue weighted by atomic mass is 10.00. The number of rotatable bonds is 2. The summed E-state index contributed by atoms with van der Waals surface area (Å²) >= 11 is 0. The quantitative estimate of drug-likeness (QED) is 0.878. The third kappa shape index (κ3) is 2.49. The summed E-state index contributed by atoms with van der Waals surface area (Å²) in [5, 5.41) is 0. The van der Waals surface area contributed by atoms with Crippen LogP contribution in [0.5, 0.6) is 0 Å². The molecule has 1 aromatic rings. The van der Waals surface area contributed by atoms with Crippen molar-refractivity contribution < 1.29 is 9.13 Å². The minimum absolute atomic E-state index is 0.147. The largest absolute Gasteiger partial charge is 0.377 e. The molecular weight excluding hydrogens is 231 g/mol. The second-order valence-corrected chi connectivity index (χ2v) is 5.52. The molecule has 0 aliphatic carbocycles. The molecule has 100 valence electrons. The summed E-state index contributed by atoms with van der Waals surface area (Å²) in [7, 11) is 0. The Hall–Kier alpha value is -1.13. The van der Waals surface area contributed by atoms with E-state index < -0.39 is 0 Å². The van der Waals surface area contributed by atoms with Crippen molar-refractivity contribution >= 4 is 5.69 Å². The van der Waals surface area contributed by atoms with Crippen molar-refractivity contribution in [3.63, 3.8) is 0 Å². The van der Waals surface area contributed by atoms with E-state index in [1.165, 1.54) is 6.07 Å². The summed E-state index contributed by atoms with van der Waals surface area (Å²) < 4.78 is 19.7. The Morgan fingerprint density at radius 3 is 2.72 bits per heavy atom. The van der Waals surface area contributed by atoms with Crippen LogP contribution in [0.3, 0.4) is 0 Å². The summed E-state index contributed by atoms with van der Waals surface area (Å²) in [6.45, 7) is 7.93. The van der Waals surface area contributed by atoms with E-state index in [0.29, 0.717) is 25.4 Å². The molecule has 0 saturated carbocycles. The summed E-state index contributed by atoms with van der Waals surface area (Å²) in [6.07, 6.45) is 0. The van der Waals surface area contributed by atoms with Gasteiger partial charge in [-0.25, -0.2) is 4.39 Å². The van der Waals surface area contributed by atoms with Crippen LogP contribution in [0.4, 0.5) is 10.1 Å². The van der Waals surface area contributed by atoms with Crippen molar-refractivity contribution in [1.82, 2.24) is 0 Å². The van der Waals surface area contributed by atoms with Crippen molar-refractivity contribution in [3.05, 3.63) is 29.6 Å². The van der Waals surface area contributed by atoms with Crippen LogP contribution in [-0.2, 0) is 4.74 Å². The van der Waals surface area contributed by atoms with E-state index in [1.54, 1.807) is 0 Å². The van der Waals surface area contributed by atoms with Crippen LogP contribution in [0.15, 0.2) is 18.2 Å². The predicted octanol–water partition coefficient (Wildman–Crippen LogP) is 2.46. The van der Waals surface area contributed by atoms with Crippen molar-refractivity contribution in [2.45, 2.75) is 32.4 Å². The molecule has 2 rings (SSSR count). The highest BCUT2D eigenvalue weighted by Gasteiger charge is 2.32. The van der Waals surface area contributed by atoms with Crippen molar-refractivity contribution in [2.75, 3.05) is 24.7 Å². The molecule has 1 saturated heterocycles. The molecular formula is C14H21FN2O. The van der Waals surface area contributed by atoms with Gasteiger partial charge in [-0.05, 0) is 38.5 Å². The molecule has 0 bridgehead atoms. The Balaban J connectivity index is 2.33. The van der Waals surface area contributed by atoms with Gasteiger partial charge in [0.15, 0.2) is 0 Å². The molecule has 1 aliphatic rings. The number of halogens is 1. The van der Waals surface area contributed by atoms with Crippen LogP contribution in [-0.4, -0.2) is 25.3 Å². The Morgan fingerprint density at radius 2 is 2.17 bits per heavy atom. The Bertz CT molecular complexity index is 432. The molecule has 0 unspecified atom stereocenters. The molecule has 1 aromatic carbocycles. The fraction of sp³-hybridized carbons (Fsp3) is 0.571. The van der Waals surface area contributed by atoms with E-state index in [2.05, 4.69) is 18.7 Å². The van der Waals surface area contributed by atoms with Crippen molar-refractivity contribution in [2.24, 2.45) is 5.73 Å². The fourth-order valence-electron chi connectivity index (χ4n) is 2.33. The normalized spacial score (nSPS) is 20.8. The van der Waals surface area contributed by atoms with E-state index in [-0.39, 0.29) is 17.4 Å². The number of morpholine rings is 1. The maximum atomic E-state index is 14.2. The monoisotopic (exact) mass is 252 g/mol. The van der Waals surface area contributed by atoms with E-state index >= 15 is 0 Å². The van der Waals surface area contributed by atoms with E-state index in [4.69, 9.17) is 10.5 Å². The van der Waals surface area contributed by atoms with Gasteiger partial charge in [-0.2, -0.15) is 0 Å². The molecule has 18 heavy (non-hydrogen) atoms. The van der Waals surface area contributed by atoms with Crippen molar-refractivity contribution in [3.8, 4) is 0 Å². The van der Waals surface area contributed by atoms with Gasteiger partial charge in [-0.1, -0.05) is 6.07 Å². The first-order valence-corrected chi connectivity index (χ1v) is 6.32. The number of hydrogen-bond acceptors (Lipinski definition) is 3. The molecule has 0 radical (unpaired) electrons. The van der Waals surface area contributed by atoms with Gasteiger partial charge in [0.1, 0.15) is 5.82 Å². The first-order chi connectivity index (χ1) is 8.42. The van der Waals surface area contributed by atoms with Crippen LogP contribution >= 0.6 is 0 Å². The highest BCUT2D eigenvalue weighted by Crippen LogP contribution is 2.30. The summed E-state index contributed by atoms with van der Waals surface area (Å²) in [6, 6.07) is 5.10. The highest BCUT2D eigenvalue weighted by atomic mass is 19.1. The van der Waals surface area contributed by atoms with Gasteiger partial charge in [0.25, 0.3) is 0 Å². The minimum Gasteiger partial charge on any atom is -0.377 e. The van der Waals surface area contributed by atoms with Gasteiger partial charge in [0.05, 0.1) is 24.4 Å². The predicted molar refractivity (Wildman–Crippen MR) is 71.2 cm³/mol. The molecule has 3 nitrogen and oxygen atoms in total. The van der Waals surface area contributed by atoms with Gasteiger partial charge in [0, 0.05) is 12.6 Å². The average molecular weight is 252 g/mol. The standard InChI is InChI=1S/C14H21FN2O/c1-10(16)11-4-5-13(12(15)8-11)17-6-7-18-9-14(17,2)3/h4-5,8,10H,6-7,9,16H2,1-3H3/t10-/m0/s1. The van der Waals surface area contributed by atoms with E-state index in [1.807, 2.05) is 19.1 Å². The lowest BCUT2D eigenvalue weighted by Gasteiger charge is -2.44. The Labute approximate surface area is 108 Å². The molecule has 1 atom stereocenters. The first-order valence-electron chi connectivity index (χ1n) is 6.32. The summed E-state index contributed by atoms with van der Waals surface area (Å²) in [5.74, 6) is -0.209. The van der Waals surface area contributed by atoms with Gasteiger partial charge < -0.3 is 15.4 Å². The molecule has 2 N–H and O–H groups in total. The highest BCUT2D eigenvalue weighted by molar-refractivity contribution is 5.52.